The van der Waals surface area contributed by atoms with Crippen molar-refractivity contribution in [3.8, 4) is 0 Å². The number of carbonyl (C=O) groups excluding carboxylic acids is 1. The van der Waals surface area contributed by atoms with Crippen molar-refractivity contribution in [1.82, 2.24) is 0 Å². The summed E-state index contributed by atoms with van der Waals surface area (Å²) >= 11 is 0. The molecule has 13 heteroatoms. The number of nitrogens with two attached hydrogens (primary N) is 1. The second-order valence-electron chi connectivity index (χ2n) is 20.6. The molecular weight excluding hydrogens is 707 g/mol. The van der Waals surface area contributed by atoms with Gasteiger partial charge >= 0.3 is 5.97 Å². The summed E-state index contributed by atoms with van der Waals surface area (Å²) in [6, 6.07) is -0.347. The van der Waals surface area contributed by atoms with Gasteiger partial charge < -0.3 is 38.4 Å². The molecule has 2 fully saturated rings. The topological polar surface area (TPSA) is 132 Å². The van der Waals surface area contributed by atoms with Crippen LogP contribution >= 0.6 is 0 Å². The lowest BCUT2D eigenvalue weighted by molar-refractivity contribution is -0.178. The summed E-state index contributed by atoms with van der Waals surface area (Å²) in [6.45, 7) is 44.9. The minimum absolute atomic E-state index is 0.0291. The van der Waals surface area contributed by atoms with E-state index in [1.54, 1.807) is 0 Å². The molecule has 0 bridgehead atoms. The van der Waals surface area contributed by atoms with E-state index in [9.17, 15) is 4.79 Å². The molecule has 2 saturated heterocycles. The van der Waals surface area contributed by atoms with Gasteiger partial charge in [0.15, 0.2) is 28.2 Å². The van der Waals surface area contributed by atoms with Gasteiger partial charge in [0, 0.05) is 11.8 Å². The first-order chi connectivity index (χ1) is 23.7. The molecular formula is C40H81N3O8Si2. The standard InChI is InChI=1S/C40H81N3O8Si2/c1-23-29(48-52(19,20)35(6,7)8)40(17)33(47-38(14,15)51-40)26(3)30(42-43-41)25(2)24-39(16)32(46-37(12,13)50-39)27(4)31(28(5)34(44)45-18)49-53(21,22)36(9,10)11/h25-33H,23-24H2,1-22H3,(H2,41,42)/t25-,26+,27+,28-,29-,30?,31+,32-,33-,39-,40-/m1/s1. The Kier molecular flexibility index (Phi) is 15.0. The molecule has 0 aromatic carbocycles. The van der Waals surface area contributed by atoms with E-state index in [1.165, 1.54) is 7.11 Å². The summed E-state index contributed by atoms with van der Waals surface area (Å²) < 4.78 is 46.7. The molecule has 0 aromatic heterocycles. The number of hydrogen-bond donors (Lipinski definition) is 1. The molecule has 0 aromatic rings. The summed E-state index contributed by atoms with van der Waals surface area (Å²) in [6.07, 6.45) is -0.0986. The van der Waals surface area contributed by atoms with Crippen molar-refractivity contribution in [3.05, 3.63) is 0 Å². The van der Waals surface area contributed by atoms with Crippen molar-refractivity contribution >= 4 is 22.6 Å². The molecule has 2 aliphatic heterocycles. The molecule has 0 aliphatic carbocycles. The molecule has 0 saturated carbocycles. The normalized spacial score (nSPS) is 30.8. The van der Waals surface area contributed by atoms with Gasteiger partial charge in [0.1, 0.15) is 5.60 Å². The quantitative estimate of drug-likeness (QED) is 0.0534. The third kappa shape index (κ3) is 10.7. The Hall–Kier alpha value is -0.936. The van der Waals surface area contributed by atoms with Gasteiger partial charge in [-0.3, -0.25) is 4.79 Å². The first-order valence-electron chi connectivity index (χ1n) is 19.9. The third-order valence-corrected chi connectivity index (χ3v) is 22.0. The van der Waals surface area contributed by atoms with E-state index in [4.69, 9.17) is 43.5 Å². The third-order valence-electron chi connectivity index (χ3n) is 13.0. The van der Waals surface area contributed by atoms with Gasteiger partial charge in [-0.15, -0.1) is 0 Å². The minimum atomic E-state index is -2.32. The fraction of sp³-hybridized carbons (Fsp3) is 0.975. The number of ether oxygens (including phenoxy) is 5. The smallest absolute Gasteiger partial charge is 0.310 e. The summed E-state index contributed by atoms with van der Waals surface area (Å²) in [5, 5.41) is 8.53. The summed E-state index contributed by atoms with van der Waals surface area (Å²) in [7, 11) is -3.05. The summed E-state index contributed by atoms with van der Waals surface area (Å²) in [4.78, 5) is 13.1. The molecule has 11 nitrogen and oxygen atoms in total. The fourth-order valence-corrected chi connectivity index (χ4v) is 11.3. The van der Waals surface area contributed by atoms with Gasteiger partial charge in [0.25, 0.3) is 0 Å². The van der Waals surface area contributed by atoms with Crippen LogP contribution in [-0.4, -0.2) is 82.9 Å². The Morgan fingerprint density at radius 1 is 0.792 bits per heavy atom. The molecule has 0 radical (unpaired) electrons. The van der Waals surface area contributed by atoms with E-state index in [0.29, 0.717) is 6.42 Å². The highest BCUT2D eigenvalue weighted by Crippen LogP contribution is 2.51. The Morgan fingerprint density at radius 2 is 1.26 bits per heavy atom. The van der Waals surface area contributed by atoms with Crippen LogP contribution in [0, 0.1) is 23.7 Å². The minimum Gasteiger partial charge on any atom is -0.469 e. The second-order valence-corrected chi connectivity index (χ2v) is 30.1. The lowest BCUT2D eigenvalue weighted by Gasteiger charge is -2.46. The largest absolute Gasteiger partial charge is 0.469 e. The lowest BCUT2D eigenvalue weighted by atomic mass is 9.73. The molecule has 2 rings (SSSR count). The van der Waals surface area contributed by atoms with E-state index in [0.717, 1.165) is 6.42 Å². The van der Waals surface area contributed by atoms with Gasteiger partial charge in [0.2, 0.25) is 0 Å². The number of carbonyl (C=O) groups is 1. The van der Waals surface area contributed by atoms with E-state index >= 15 is 0 Å². The molecule has 312 valence electrons. The summed E-state index contributed by atoms with van der Waals surface area (Å²) in [5.41, 5.74) is -1.54. The van der Waals surface area contributed by atoms with Crippen molar-refractivity contribution in [2.45, 2.75) is 220 Å². The molecule has 53 heavy (non-hydrogen) atoms. The molecule has 2 aliphatic rings. The average Bonchev–Trinajstić information content (AvgIpc) is 3.40. The predicted molar refractivity (Wildman–Crippen MR) is 217 cm³/mol. The first-order valence-corrected chi connectivity index (χ1v) is 25.8. The Labute approximate surface area is 326 Å². The van der Waals surface area contributed by atoms with E-state index in [2.05, 4.69) is 114 Å². The first kappa shape index (κ1) is 48.2. The lowest BCUT2D eigenvalue weighted by Crippen LogP contribution is -2.58. The van der Waals surface area contributed by atoms with E-state index in [-0.39, 0.29) is 52.0 Å². The van der Waals surface area contributed by atoms with E-state index in [1.807, 2.05) is 34.6 Å². The number of hydrogen-bond acceptors (Lipinski definition) is 10. The monoisotopic (exact) mass is 788 g/mol. The van der Waals surface area contributed by atoms with Gasteiger partial charge in [-0.25, -0.2) is 0 Å². The Balaban J connectivity index is 2.58. The van der Waals surface area contributed by atoms with Crippen molar-refractivity contribution in [2.24, 2.45) is 39.9 Å². The maximum Gasteiger partial charge on any atom is 0.310 e. The highest BCUT2D eigenvalue weighted by atomic mass is 28.4. The van der Waals surface area contributed by atoms with Crippen molar-refractivity contribution < 1.29 is 37.3 Å². The van der Waals surface area contributed by atoms with Crippen LogP contribution in [0.15, 0.2) is 10.3 Å². The van der Waals surface area contributed by atoms with Crippen LogP contribution in [0.4, 0.5) is 0 Å². The molecule has 0 spiro atoms. The molecule has 1 unspecified atom stereocenters. The van der Waals surface area contributed by atoms with Crippen LogP contribution in [0.1, 0.15) is 131 Å². The molecule has 2 heterocycles. The Bertz CT molecular complexity index is 1270. The van der Waals surface area contributed by atoms with Crippen LogP contribution in [0.2, 0.25) is 36.3 Å². The SMILES string of the molecule is CC[C@@H](O[Si](C)(C)C(C)(C)C)[C@@]1(C)OC(C)(C)O[C@@H]1[C@@H](C)C(N=NN)[C@H](C)C[C@@]1(C)OC(C)(C)O[C@@H]1[C@@H](C)[C@H](O[Si](C)(C)C(C)(C)C)[C@@H](C)C(=O)OC. The fourth-order valence-electron chi connectivity index (χ4n) is 8.37. The highest BCUT2D eigenvalue weighted by molar-refractivity contribution is 6.74. The van der Waals surface area contributed by atoms with Gasteiger partial charge in [-0.05, 0) is 103 Å². The number of rotatable bonds is 16. The second kappa shape index (κ2) is 16.5. The van der Waals surface area contributed by atoms with Crippen LogP contribution < -0.4 is 5.84 Å². The molecule has 2 N–H and O–H groups in total. The Morgan fingerprint density at radius 3 is 1.72 bits per heavy atom. The zero-order valence-corrected chi connectivity index (χ0v) is 39.8. The van der Waals surface area contributed by atoms with Crippen LogP contribution in [0.5, 0.6) is 0 Å². The van der Waals surface area contributed by atoms with Crippen molar-refractivity contribution in [2.75, 3.05) is 7.11 Å². The van der Waals surface area contributed by atoms with Crippen LogP contribution in [-0.2, 0) is 37.3 Å². The molecule has 0 amide bonds. The van der Waals surface area contributed by atoms with Crippen LogP contribution in [0.25, 0.3) is 0 Å². The number of methoxy groups -OCH3 is 1. The zero-order valence-electron chi connectivity index (χ0n) is 37.8. The van der Waals surface area contributed by atoms with E-state index < -0.39 is 57.5 Å². The summed E-state index contributed by atoms with van der Waals surface area (Å²) in [5.74, 6) is 2.87. The van der Waals surface area contributed by atoms with Crippen molar-refractivity contribution in [3.63, 3.8) is 0 Å². The van der Waals surface area contributed by atoms with Gasteiger partial charge in [-0.2, -0.15) is 5.11 Å². The van der Waals surface area contributed by atoms with Crippen LogP contribution in [0.3, 0.4) is 0 Å². The highest BCUT2D eigenvalue weighted by Gasteiger charge is 2.61. The maximum absolute atomic E-state index is 13.1. The maximum atomic E-state index is 13.1. The van der Waals surface area contributed by atoms with Gasteiger partial charge in [0.05, 0.1) is 49.1 Å². The number of esters is 1. The average molecular weight is 788 g/mol. The molecule has 11 atom stereocenters. The van der Waals surface area contributed by atoms with Gasteiger partial charge in [-0.1, -0.05) is 74.5 Å². The van der Waals surface area contributed by atoms with Crippen molar-refractivity contribution in [1.29, 1.82) is 0 Å². The predicted octanol–water partition coefficient (Wildman–Crippen LogP) is 9.80. The zero-order chi connectivity index (χ0) is 41.6. The number of nitrogens with zero attached hydrogens (tertiary/aromatic N) is 2.